The van der Waals surface area contributed by atoms with E-state index in [-0.39, 0.29) is 0 Å². The Bertz CT molecular complexity index is 303. The Kier molecular flexibility index (Phi) is 3.27. The van der Waals surface area contributed by atoms with Crippen LogP contribution in [0.1, 0.15) is 37.7 Å². The zero-order valence-electron chi connectivity index (χ0n) is 9.28. The van der Waals surface area contributed by atoms with Crippen LogP contribution in [0.3, 0.4) is 0 Å². The van der Waals surface area contributed by atoms with E-state index in [4.69, 9.17) is 10.5 Å². The van der Waals surface area contributed by atoms with Gasteiger partial charge in [-0.25, -0.2) is 0 Å². The maximum atomic E-state index is 5.79. The van der Waals surface area contributed by atoms with E-state index in [0.717, 1.165) is 5.75 Å². The van der Waals surface area contributed by atoms with Crippen LogP contribution in [0.15, 0.2) is 24.3 Å². The van der Waals surface area contributed by atoms with E-state index < -0.39 is 0 Å². The zero-order valence-corrected chi connectivity index (χ0v) is 9.28. The Morgan fingerprint density at radius 2 is 2.00 bits per heavy atom. The number of hydrogen-bond acceptors (Lipinski definition) is 2. The predicted molar refractivity (Wildman–Crippen MR) is 62.2 cm³/mol. The number of benzene rings is 1. The van der Waals surface area contributed by atoms with E-state index in [1.165, 1.54) is 24.8 Å². The van der Waals surface area contributed by atoms with Gasteiger partial charge in [-0.3, -0.25) is 0 Å². The molecule has 0 saturated heterocycles. The van der Waals surface area contributed by atoms with Crippen LogP contribution in [0.5, 0.6) is 5.75 Å². The molecule has 1 unspecified atom stereocenters. The highest BCUT2D eigenvalue weighted by molar-refractivity contribution is 5.29. The Labute approximate surface area is 91.4 Å². The first-order chi connectivity index (χ1) is 7.29. The zero-order chi connectivity index (χ0) is 10.7. The highest BCUT2D eigenvalue weighted by atomic mass is 16.5. The van der Waals surface area contributed by atoms with Gasteiger partial charge < -0.3 is 10.5 Å². The average Bonchev–Trinajstić information content (AvgIpc) is 2.23. The molecule has 1 aromatic carbocycles. The van der Waals surface area contributed by atoms with E-state index in [2.05, 4.69) is 31.2 Å². The number of rotatable bonds is 4. The fourth-order valence-corrected chi connectivity index (χ4v) is 1.69. The lowest BCUT2D eigenvalue weighted by Gasteiger charge is -2.26. The van der Waals surface area contributed by atoms with Crippen LogP contribution < -0.4 is 10.5 Å². The van der Waals surface area contributed by atoms with Crippen molar-refractivity contribution in [3.8, 4) is 5.75 Å². The van der Waals surface area contributed by atoms with Gasteiger partial charge in [0.25, 0.3) is 0 Å². The molecule has 1 atom stereocenters. The van der Waals surface area contributed by atoms with E-state index in [1.54, 1.807) is 0 Å². The molecule has 0 spiro atoms. The summed E-state index contributed by atoms with van der Waals surface area (Å²) in [5.74, 6) is 1.43. The summed E-state index contributed by atoms with van der Waals surface area (Å²) in [5.41, 5.74) is 6.91. The summed E-state index contributed by atoms with van der Waals surface area (Å²) in [4.78, 5) is 0. The molecule has 0 aromatic heterocycles. The molecule has 0 heterocycles. The molecule has 0 radical (unpaired) electrons. The van der Waals surface area contributed by atoms with Crippen molar-refractivity contribution < 1.29 is 4.74 Å². The van der Waals surface area contributed by atoms with Gasteiger partial charge in [-0.1, -0.05) is 19.1 Å². The molecule has 2 rings (SSSR count). The minimum atomic E-state index is 0.433. The predicted octanol–water partition coefficient (Wildman–Crippen LogP) is 2.68. The molecule has 82 valence electrons. The fraction of sp³-hybridized carbons (Fsp3) is 0.538. The summed E-state index contributed by atoms with van der Waals surface area (Å²) in [7, 11) is 0. The van der Waals surface area contributed by atoms with Crippen LogP contribution >= 0.6 is 0 Å². The monoisotopic (exact) mass is 205 g/mol. The minimum absolute atomic E-state index is 0.433. The summed E-state index contributed by atoms with van der Waals surface area (Å²) < 4.78 is 5.79. The SMILES string of the molecule is CC(CN)c1ccc(OC2CCC2)cc1. The average molecular weight is 205 g/mol. The van der Waals surface area contributed by atoms with Gasteiger partial charge >= 0.3 is 0 Å². The van der Waals surface area contributed by atoms with E-state index >= 15 is 0 Å². The lowest BCUT2D eigenvalue weighted by atomic mass is 9.96. The molecule has 1 fully saturated rings. The van der Waals surface area contributed by atoms with Crippen molar-refractivity contribution in [1.29, 1.82) is 0 Å². The topological polar surface area (TPSA) is 35.2 Å². The van der Waals surface area contributed by atoms with Crippen molar-refractivity contribution in [2.75, 3.05) is 6.54 Å². The van der Waals surface area contributed by atoms with Crippen LogP contribution in [-0.2, 0) is 0 Å². The van der Waals surface area contributed by atoms with Gasteiger partial charge in [-0.05, 0) is 49.4 Å². The summed E-state index contributed by atoms with van der Waals surface area (Å²) in [5, 5.41) is 0. The summed E-state index contributed by atoms with van der Waals surface area (Å²) in [6, 6.07) is 8.34. The standard InChI is InChI=1S/C13H19NO/c1-10(9-14)11-5-7-13(8-6-11)15-12-3-2-4-12/h5-8,10,12H,2-4,9,14H2,1H3. The first-order valence-corrected chi connectivity index (χ1v) is 5.76. The Morgan fingerprint density at radius 1 is 1.33 bits per heavy atom. The molecule has 15 heavy (non-hydrogen) atoms. The molecule has 0 aliphatic heterocycles. The molecular formula is C13H19NO. The van der Waals surface area contributed by atoms with Gasteiger partial charge in [0.2, 0.25) is 0 Å². The molecule has 1 aliphatic carbocycles. The fourth-order valence-electron chi connectivity index (χ4n) is 1.69. The molecular weight excluding hydrogens is 186 g/mol. The normalized spacial score (nSPS) is 18.3. The molecule has 1 aliphatic rings. The molecule has 2 heteroatoms. The maximum absolute atomic E-state index is 5.79. The number of ether oxygens (including phenoxy) is 1. The van der Waals surface area contributed by atoms with Crippen LogP contribution in [0.25, 0.3) is 0 Å². The summed E-state index contributed by atoms with van der Waals surface area (Å²) >= 11 is 0. The second-order valence-electron chi connectivity index (χ2n) is 4.38. The minimum Gasteiger partial charge on any atom is -0.490 e. The van der Waals surface area contributed by atoms with E-state index in [1.807, 2.05) is 0 Å². The third-order valence-corrected chi connectivity index (χ3v) is 3.16. The van der Waals surface area contributed by atoms with Gasteiger partial charge in [0.05, 0.1) is 6.10 Å². The Hall–Kier alpha value is -1.02. The van der Waals surface area contributed by atoms with Gasteiger partial charge in [-0.2, -0.15) is 0 Å². The summed E-state index contributed by atoms with van der Waals surface area (Å²) in [6.45, 7) is 2.84. The third-order valence-electron chi connectivity index (χ3n) is 3.16. The Morgan fingerprint density at radius 3 is 2.47 bits per heavy atom. The second-order valence-corrected chi connectivity index (χ2v) is 4.38. The van der Waals surface area contributed by atoms with Gasteiger partial charge in [-0.15, -0.1) is 0 Å². The maximum Gasteiger partial charge on any atom is 0.119 e. The number of nitrogens with two attached hydrogens (primary N) is 1. The van der Waals surface area contributed by atoms with Crippen LogP contribution in [0.2, 0.25) is 0 Å². The quantitative estimate of drug-likeness (QED) is 0.820. The van der Waals surface area contributed by atoms with Crippen molar-refractivity contribution in [2.45, 2.75) is 38.2 Å². The van der Waals surface area contributed by atoms with Crippen LogP contribution in [-0.4, -0.2) is 12.6 Å². The van der Waals surface area contributed by atoms with Crippen molar-refractivity contribution in [1.82, 2.24) is 0 Å². The first kappa shape index (κ1) is 10.5. The first-order valence-electron chi connectivity index (χ1n) is 5.76. The second kappa shape index (κ2) is 4.67. The third kappa shape index (κ3) is 2.51. The largest absolute Gasteiger partial charge is 0.490 e. The van der Waals surface area contributed by atoms with E-state index in [0.29, 0.717) is 18.6 Å². The van der Waals surface area contributed by atoms with Crippen molar-refractivity contribution >= 4 is 0 Å². The summed E-state index contributed by atoms with van der Waals surface area (Å²) in [6.07, 6.45) is 4.19. The molecule has 1 aromatic rings. The van der Waals surface area contributed by atoms with Crippen LogP contribution in [0, 0.1) is 0 Å². The molecule has 2 nitrogen and oxygen atoms in total. The number of hydrogen-bond donors (Lipinski definition) is 1. The molecule has 2 N–H and O–H groups in total. The van der Waals surface area contributed by atoms with Crippen molar-refractivity contribution in [3.05, 3.63) is 29.8 Å². The van der Waals surface area contributed by atoms with Gasteiger partial charge in [0.1, 0.15) is 5.75 Å². The van der Waals surface area contributed by atoms with Crippen molar-refractivity contribution in [2.24, 2.45) is 5.73 Å². The molecule has 1 saturated carbocycles. The van der Waals surface area contributed by atoms with Gasteiger partial charge in [0, 0.05) is 0 Å². The smallest absolute Gasteiger partial charge is 0.119 e. The van der Waals surface area contributed by atoms with E-state index in [9.17, 15) is 0 Å². The van der Waals surface area contributed by atoms with Crippen LogP contribution in [0.4, 0.5) is 0 Å². The Balaban J connectivity index is 1.96. The van der Waals surface area contributed by atoms with Crippen molar-refractivity contribution in [3.63, 3.8) is 0 Å². The molecule has 0 bridgehead atoms. The van der Waals surface area contributed by atoms with Gasteiger partial charge in [0.15, 0.2) is 0 Å². The highest BCUT2D eigenvalue weighted by Gasteiger charge is 2.18. The lowest BCUT2D eigenvalue weighted by molar-refractivity contribution is 0.120. The molecule has 0 amide bonds. The highest BCUT2D eigenvalue weighted by Crippen LogP contribution is 2.26. The lowest BCUT2D eigenvalue weighted by Crippen LogP contribution is -2.24.